The van der Waals surface area contributed by atoms with E-state index in [0.29, 0.717) is 17.1 Å². The molecule has 0 atom stereocenters. The number of hydrogen-bond donors (Lipinski definition) is 1. The topological polar surface area (TPSA) is 67.5 Å². The number of carboxylic acid groups (broad SMARTS) is 1. The maximum absolute atomic E-state index is 10.5. The molecule has 1 aromatic heterocycles. The highest BCUT2D eigenvalue weighted by atomic mass is 16.4. The molecule has 0 saturated heterocycles. The highest BCUT2D eigenvalue weighted by molar-refractivity contribution is 5.76. The van der Waals surface area contributed by atoms with E-state index in [2.05, 4.69) is 0 Å². The molecule has 1 heterocycles. The molecule has 0 unspecified atom stereocenters. The highest BCUT2D eigenvalue weighted by Gasteiger charge is 2.07. The van der Waals surface area contributed by atoms with Crippen LogP contribution in [0.3, 0.4) is 0 Å². The van der Waals surface area contributed by atoms with E-state index in [1.165, 1.54) is 0 Å². The van der Waals surface area contributed by atoms with Crippen LogP contribution in [0.15, 0.2) is 40.8 Å². The predicted molar refractivity (Wildman–Crippen MR) is 60.9 cm³/mol. The number of aliphatic carboxylic acids is 1. The minimum absolute atomic E-state index is 0.133. The Kier molecular flexibility index (Phi) is 3.05. The Labute approximate surface area is 97.5 Å². The molecule has 0 spiro atoms. The van der Waals surface area contributed by atoms with Crippen LogP contribution in [0.1, 0.15) is 16.1 Å². The fourth-order valence-corrected chi connectivity index (χ4v) is 1.50. The Morgan fingerprint density at radius 2 is 1.88 bits per heavy atom. The molecule has 1 N–H and O–H groups in total. The Balaban J connectivity index is 2.23. The average Bonchev–Trinajstić information content (AvgIpc) is 2.77. The van der Waals surface area contributed by atoms with Gasteiger partial charge in [0.05, 0.1) is 0 Å². The lowest BCUT2D eigenvalue weighted by Gasteiger charge is -1.97. The van der Waals surface area contributed by atoms with Crippen LogP contribution in [-0.4, -0.2) is 17.4 Å². The second-order valence-corrected chi connectivity index (χ2v) is 3.58. The van der Waals surface area contributed by atoms with E-state index in [-0.39, 0.29) is 6.42 Å². The molecule has 0 aliphatic carbocycles. The molecule has 17 heavy (non-hydrogen) atoms. The van der Waals surface area contributed by atoms with Gasteiger partial charge in [0, 0.05) is 11.1 Å². The van der Waals surface area contributed by atoms with Crippen molar-refractivity contribution in [2.75, 3.05) is 0 Å². The third-order valence-electron chi connectivity index (χ3n) is 2.32. The standard InChI is InChI=1S/C13H10O4/c14-8-9-1-3-10(4-2-9)12-6-5-11(17-12)7-13(15)16/h1-6,8H,7H2,(H,15,16). The zero-order valence-electron chi connectivity index (χ0n) is 8.92. The van der Waals surface area contributed by atoms with Gasteiger partial charge < -0.3 is 9.52 Å². The summed E-state index contributed by atoms with van der Waals surface area (Å²) >= 11 is 0. The number of hydrogen-bond acceptors (Lipinski definition) is 3. The first-order valence-corrected chi connectivity index (χ1v) is 5.05. The summed E-state index contributed by atoms with van der Waals surface area (Å²) in [6, 6.07) is 10.2. The molecule has 4 nitrogen and oxygen atoms in total. The molecule has 0 aliphatic rings. The average molecular weight is 230 g/mol. The number of furan rings is 1. The van der Waals surface area contributed by atoms with Crippen molar-refractivity contribution < 1.29 is 19.1 Å². The van der Waals surface area contributed by atoms with Crippen molar-refractivity contribution in [3.05, 3.63) is 47.7 Å². The zero-order chi connectivity index (χ0) is 12.3. The summed E-state index contributed by atoms with van der Waals surface area (Å²) < 4.78 is 5.38. The van der Waals surface area contributed by atoms with E-state index in [0.717, 1.165) is 11.8 Å². The second-order valence-electron chi connectivity index (χ2n) is 3.58. The van der Waals surface area contributed by atoms with Gasteiger partial charge in [-0.15, -0.1) is 0 Å². The van der Waals surface area contributed by atoms with Crippen LogP contribution in [0.25, 0.3) is 11.3 Å². The van der Waals surface area contributed by atoms with Crippen LogP contribution in [-0.2, 0) is 11.2 Å². The first kappa shape index (κ1) is 11.1. The van der Waals surface area contributed by atoms with E-state index in [1.54, 1.807) is 36.4 Å². The lowest BCUT2D eigenvalue weighted by molar-refractivity contribution is -0.136. The minimum atomic E-state index is -0.929. The second kappa shape index (κ2) is 4.65. The quantitative estimate of drug-likeness (QED) is 0.819. The molecular weight excluding hydrogens is 220 g/mol. The van der Waals surface area contributed by atoms with Crippen molar-refractivity contribution in [1.29, 1.82) is 0 Å². The monoisotopic (exact) mass is 230 g/mol. The normalized spacial score (nSPS) is 10.1. The molecule has 0 bridgehead atoms. The molecule has 0 radical (unpaired) electrons. The number of carbonyl (C=O) groups excluding carboxylic acids is 1. The lowest BCUT2D eigenvalue weighted by atomic mass is 10.1. The van der Waals surface area contributed by atoms with Crippen LogP contribution in [0.4, 0.5) is 0 Å². The summed E-state index contributed by atoms with van der Waals surface area (Å²) in [5.74, 6) is 0.0767. The van der Waals surface area contributed by atoms with Crippen molar-refractivity contribution in [2.24, 2.45) is 0 Å². The molecule has 0 saturated carbocycles. The number of carbonyl (C=O) groups is 2. The first-order valence-electron chi connectivity index (χ1n) is 5.05. The van der Waals surface area contributed by atoms with Gasteiger partial charge in [-0.3, -0.25) is 9.59 Å². The molecule has 0 amide bonds. The van der Waals surface area contributed by atoms with Crippen LogP contribution in [0.2, 0.25) is 0 Å². The molecule has 0 fully saturated rings. The van der Waals surface area contributed by atoms with Gasteiger partial charge in [0.25, 0.3) is 0 Å². The fourth-order valence-electron chi connectivity index (χ4n) is 1.50. The summed E-state index contributed by atoms with van der Waals surface area (Å²) in [5, 5.41) is 8.62. The molecule has 0 aliphatic heterocycles. The first-order chi connectivity index (χ1) is 8.19. The molecular formula is C13H10O4. The molecule has 86 valence electrons. The predicted octanol–water partition coefficient (Wildman–Crippen LogP) is 2.39. The Morgan fingerprint density at radius 1 is 1.18 bits per heavy atom. The van der Waals surface area contributed by atoms with Crippen molar-refractivity contribution in [3.8, 4) is 11.3 Å². The van der Waals surface area contributed by atoms with Gasteiger partial charge in [-0.25, -0.2) is 0 Å². The number of carboxylic acids is 1. The van der Waals surface area contributed by atoms with E-state index in [4.69, 9.17) is 9.52 Å². The van der Waals surface area contributed by atoms with E-state index < -0.39 is 5.97 Å². The van der Waals surface area contributed by atoms with E-state index >= 15 is 0 Å². The summed E-state index contributed by atoms with van der Waals surface area (Å²) in [7, 11) is 0. The maximum atomic E-state index is 10.5. The largest absolute Gasteiger partial charge is 0.481 e. The maximum Gasteiger partial charge on any atom is 0.311 e. The van der Waals surface area contributed by atoms with Gasteiger partial charge in [0.2, 0.25) is 0 Å². The van der Waals surface area contributed by atoms with E-state index in [9.17, 15) is 9.59 Å². The van der Waals surface area contributed by atoms with E-state index in [1.807, 2.05) is 0 Å². The third kappa shape index (κ3) is 2.60. The van der Waals surface area contributed by atoms with Crippen LogP contribution >= 0.6 is 0 Å². The molecule has 2 aromatic rings. The number of rotatable bonds is 4. The van der Waals surface area contributed by atoms with Crippen molar-refractivity contribution >= 4 is 12.3 Å². The zero-order valence-corrected chi connectivity index (χ0v) is 8.92. The molecule has 2 rings (SSSR count). The molecule has 1 aromatic carbocycles. The smallest absolute Gasteiger partial charge is 0.311 e. The van der Waals surface area contributed by atoms with Gasteiger partial charge in [-0.2, -0.15) is 0 Å². The van der Waals surface area contributed by atoms with Crippen molar-refractivity contribution in [1.82, 2.24) is 0 Å². The van der Waals surface area contributed by atoms with Gasteiger partial charge in [0.1, 0.15) is 24.2 Å². The summed E-state index contributed by atoms with van der Waals surface area (Å²) in [6.07, 6.45) is 0.633. The van der Waals surface area contributed by atoms with Crippen LogP contribution in [0, 0.1) is 0 Å². The van der Waals surface area contributed by atoms with Gasteiger partial charge in [0.15, 0.2) is 0 Å². The lowest BCUT2D eigenvalue weighted by Crippen LogP contribution is -1.97. The van der Waals surface area contributed by atoms with Gasteiger partial charge in [-0.05, 0) is 12.1 Å². The van der Waals surface area contributed by atoms with Crippen LogP contribution in [0.5, 0.6) is 0 Å². The fraction of sp³-hybridized carbons (Fsp3) is 0.0769. The Bertz CT molecular complexity index is 537. The minimum Gasteiger partial charge on any atom is -0.481 e. The third-order valence-corrected chi connectivity index (χ3v) is 2.32. The summed E-state index contributed by atoms with van der Waals surface area (Å²) in [6.45, 7) is 0. The Morgan fingerprint density at radius 3 is 2.47 bits per heavy atom. The number of benzene rings is 1. The van der Waals surface area contributed by atoms with Gasteiger partial charge in [-0.1, -0.05) is 24.3 Å². The Hall–Kier alpha value is -2.36. The summed E-state index contributed by atoms with van der Waals surface area (Å²) in [4.78, 5) is 21.0. The summed E-state index contributed by atoms with van der Waals surface area (Å²) in [5.41, 5.74) is 1.40. The van der Waals surface area contributed by atoms with Crippen LogP contribution < -0.4 is 0 Å². The highest BCUT2D eigenvalue weighted by Crippen LogP contribution is 2.22. The SMILES string of the molecule is O=Cc1ccc(-c2ccc(CC(=O)O)o2)cc1. The van der Waals surface area contributed by atoms with Gasteiger partial charge >= 0.3 is 5.97 Å². The molecule has 4 heteroatoms. The van der Waals surface area contributed by atoms with Crippen molar-refractivity contribution in [2.45, 2.75) is 6.42 Å². The number of aldehydes is 1. The van der Waals surface area contributed by atoms with Crippen molar-refractivity contribution in [3.63, 3.8) is 0 Å².